The third-order valence-corrected chi connectivity index (χ3v) is 3.87. The Morgan fingerprint density at radius 1 is 1.05 bits per heavy atom. The molecule has 0 aliphatic heterocycles. The van der Waals surface area contributed by atoms with Gasteiger partial charge in [0.25, 0.3) is 0 Å². The van der Waals surface area contributed by atoms with Gasteiger partial charge in [0.1, 0.15) is 0 Å². The molecule has 1 aromatic carbocycles. The summed E-state index contributed by atoms with van der Waals surface area (Å²) in [5.74, 6) is 0.776. The predicted molar refractivity (Wildman–Crippen MR) is 84.7 cm³/mol. The van der Waals surface area contributed by atoms with E-state index in [2.05, 4.69) is 31.5 Å². The number of hydrogen-bond acceptors (Lipinski definition) is 5. The van der Waals surface area contributed by atoms with E-state index in [4.69, 9.17) is 0 Å². The number of aromatic amines is 1. The lowest BCUT2D eigenvalue weighted by Crippen LogP contribution is -1.90. The Hall–Kier alpha value is -2.73. The van der Waals surface area contributed by atoms with Gasteiger partial charge in [0.05, 0.1) is 11.2 Å². The van der Waals surface area contributed by atoms with Crippen molar-refractivity contribution in [3.8, 4) is 11.3 Å². The van der Waals surface area contributed by atoms with Gasteiger partial charge in [-0.2, -0.15) is 5.10 Å². The van der Waals surface area contributed by atoms with Crippen LogP contribution in [0.2, 0.25) is 0 Å². The number of benzene rings is 1. The Bertz CT molecular complexity index is 868. The summed E-state index contributed by atoms with van der Waals surface area (Å²) in [6.07, 6.45) is 3.56. The van der Waals surface area contributed by atoms with Crippen LogP contribution < -0.4 is 5.32 Å². The standard InChI is InChI=1S/C15H11N5S/c1-2-6-16-12(3-1)10-4-5-13-11(9-10)14(20-19-13)18-15-17-7-8-21-15/h1-9H,(H2,17,18,19,20). The fraction of sp³-hybridized carbons (Fsp3) is 0. The van der Waals surface area contributed by atoms with Gasteiger partial charge in [-0.1, -0.05) is 12.1 Å². The summed E-state index contributed by atoms with van der Waals surface area (Å²) in [5.41, 5.74) is 2.99. The zero-order chi connectivity index (χ0) is 14.1. The van der Waals surface area contributed by atoms with E-state index in [1.165, 1.54) is 0 Å². The van der Waals surface area contributed by atoms with Gasteiger partial charge in [-0.15, -0.1) is 11.3 Å². The highest BCUT2D eigenvalue weighted by Crippen LogP contribution is 2.28. The smallest absolute Gasteiger partial charge is 0.188 e. The molecule has 0 unspecified atom stereocenters. The molecule has 0 atom stereocenters. The second-order valence-electron chi connectivity index (χ2n) is 4.51. The maximum atomic E-state index is 4.38. The Morgan fingerprint density at radius 3 is 2.86 bits per heavy atom. The molecular weight excluding hydrogens is 282 g/mol. The van der Waals surface area contributed by atoms with Gasteiger partial charge in [-0.3, -0.25) is 10.1 Å². The first-order valence-corrected chi connectivity index (χ1v) is 7.34. The van der Waals surface area contributed by atoms with Crippen molar-refractivity contribution in [1.82, 2.24) is 20.2 Å². The van der Waals surface area contributed by atoms with Gasteiger partial charge in [-0.05, 0) is 24.3 Å². The normalized spacial score (nSPS) is 10.9. The molecule has 4 rings (SSSR count). The molecule has 3 aromatic heterocycles. The highest BCUT2D eigenvalue weighted by molar-refractivity contribution is 7.13. The molecule has 2 N–H and O–H groups in total. The minimum atomic E-state index is 0.776. The monoisotopic (exact) mass is 293 g/mol. The fourth-order valence-corrected chi connectivity index (χ4v) is 2.72. The number of pyridine rings is 1. The number of nitrogens with one attached hydrogen (secondary N) is 2. The first kappa shape index (κ1) is 12.0. The van der Waals surface area contributed by atoms with E-state index in [-0.39, 0.29) is 0 Å². The lowest BCUT2D eigenvalue weighted by atomic mass is 10.1. The van der Waals surface area contributed by atoms with E-state index in [9.17, 15) is 0 Å². The lowest BCUT2D eigenvalue weighted by molar-refractivity contribution is 1.12. The average molecular weight is 293 g/mol. The number of aromatic nitrogens is 4. The molecule has 0 spiro atoms. The first-order valence-electron chi connectivity index (χ1n) is 6.46. The van der Waals surface area contributed by atoms with Gasteiger partial charge in [0.15, 0.2) is 10.9 Å². The summed E-state index contributed by atoms with van der Waals surface area (Å²) in [6.45, 7) is 0. The second-order valence-corrected chi connectivity index (χ2v) is 5.40. The number of thiazole rings is 1. The Morgan fingerprint density at radius 2 is 2.05 bits per heavy atom. The number of fused-ring (bicyclic) bond motifs is 1. The molecule has 102 valence electrons. The maximum absolute atomic E-state index is 4.38. The van der Waals surface area contributed by atoms with Crippen molar-refractivity contribution in [1.29, 1.82) is 0 Å². The lowest BCUT2D eigenvalue weighted by Gasteiger charge is -2.02. The molecule has 0 saturated heterocycles. The summed E-state index contributed by atoms with van der Waals surface area (Å²) in [7, 11) is 0. The molecule has 0 saturated carbocycles. The van der Waals surface area contributed by atoms with Gasteiger partial charge < -0.3 is 5.32 Å². The molecule has 5 nitrogen and oxygen atoms in total. The van der Waals surface area contributed by atoms with Crippen molar-refractivity contribution in [3.05, 3.63) is 54.2 Å². The van der Waals surface area contributed by atoms with Crippen LogP contribution in [0.4, 0.5) is 10.9 Å². The van der Waals surface area contributed by atoms with E-state index >= 15 is 0 Å². The molecule has 21 heavy (non-hydrogen) atoms. The third kappa shape index (κ3) is 2.25. The van der Waals surface area contributed by atoms with Crippen molar-refractivity contribution in [2.24, 2.45) is 0 Å². The maximum Gasteiger partial charge on any atom is 0.188 e. The summed E-state index contributed by atoms with van der Waals surface area (Å²) in [4.78, 5) is 8.60. The fourth-order valence-electron chi connectivity index (χ4n) is 2.19. The Labute approximate surface area is 124 Å². The van der Waals surface area contributed by atoms with Crippen LogP contribution in [0.25, 0.3) is 22.2 Å². The van der Waals surface area contributed by atoms with Crippen molar-refractivity contribution in [2.45, 2.75) is 0 Å². The quantitative estimate of drug-likeness (QED) is 0.602. The number of H-pyrrole nitrogens is 1. The van der Waals surface area contributed by atoms with E-state index in [1.807, 2.05) is 35.7 Å². The van der Waals surface area contributed by atoms with Crippen molar-refractivity contribution in [2.75, 3.05) is 5.32 Å². The highest BCUT2D eigenvalue weighted by Gasteiger charge is 2.09. The van der Waals surface area contributed by atoms with Gasteiger partial charge in [0.2, 0.25) is 0 Å². The molecule has 0 radical (unpaired) electrons. The SMILES string of the molecule is c1ccc(-c2ccc3[nH]nc(Nc4nccs4)c3c2)nc1. The van der Waals surface area contributed by atoms with E-state index in [0.29, 0.717) is 0 Å². The molecule has 0 fully saturated rings. The number of nitrogens with zero attached hydrogens (tertiary/aromatic N) is 3. The molecule has 0 aliphatic rings. The molecule has 4 aromatic rings. The Balaban J connectivity index is 1.79. The van der Waals surface area contributed by atoms with E-state index in [0.717, 1.165) is 33.1 Å². The van der Waals surface area contributed by atoms with Crippen LogP contribution >= 0.6 is 11.3 Å². The molecule has 6 heteroatoms. The van der Waals surface area contributed by atoms with Gasteiger partial charge >= 0.3 is 0 Å². The summed E-state index contributed by atoms with van der Waals surface area (Å²) >= 11 is 1.54. The molecule has 0 bridgehead atoms. The molecule has 0 aliphatic carbocycles. The van der Waals surface area contributed by atoms with Crippen LogP contribution in [0, 0.1) is 0 Å². The number of hydrogen-bond donors (Lipinski definition) is 2. The minimum Gasteiger partial charge on any atom is -0.314 e. The molecular formula is C15H11N5S. The van der Waals surface area contributed by atoms with E-state index < -0.39 is 0 Å². The third-order valence-electron chi connectivity index (χ3n) is 3.18. The largest absolute Gasteiger partial charge is 0.314 e. The van der Waals surface area contributed by atoms with E-state index in [1.54, 1.807) is 23.7 Å². The topological polar surface area (TPSA) is 66.5 Å². The average Bonchev–Trinajstić information content (AvgIpc) is 3.19. The number of anilines is 2. The van der Waals surface area contributed by atoms with Gasteiger partial charge in [-0.25, -0.2) is 4.98 Å². The van der Waals surface area contributed by atoms with Crippen LogP contribution in [0.3, 0.4) is 0 Å². The zero-order valence-electron chi connectivity index (χ0n) is 10.9. The van der Waals surface area contributed by atoms with Crippen LogP contribution in [0.5, 0.6) is 0 Å². The zero-order valence-corrected chi connectivity index (χ0v) is 11.8. The van der Waals surface area contributed by atoms with Crippen LogP contribution in [0.15, 0.2) is 54.2 Å². The molecule has 0 amide bonds. The summed E-state index contributed by atoms with van der Waals surface area (Å²) < 4.78 is 0. The Kier molecular flexibility index (Phi) is 2.86. The predicted octanol–water partition coefficient (Wildman–Crippen LogP) is 3.83. The number of rotatable bonds is 3. The van der Waals surface area contributed by atoms with Crippen LogP contribution in [0.1, 0.15) is 0 Å². The van der Waals surface area contributed by atoms with Crippen molar-refractivity contribution >= 4 is 33.2 Å². The van der Waals surface area contributed by atoms with Crippen LogP contribution in [-0.4, -0.2) is 20.2 Å². The summed E-state index contributed by atoms with van der Waals surface area (Å²) in [5, 5.41) is 14.3. The minimum absolute atomic E-state index is 0.776. The highest BCUT2D eigenvalue weighted by atomic mass is 32.1. The molecule has 3 heterocycles. The second kappa shape index (κ2) is 4.99. The first-order chi connectivity index (χ1) is 10.4. The van der Waals surface area contributed by atoms with Crippen LogP contribution in [-0.2, 0) is 0 Å². The summed E-state index contributed by atoms with van der Waals surface area (Å²) in [6, 6.07) is 12.0. The van der Waals surface area contributed by atoms with Crippen molar-refractivity contribution < 1.29 is 0 Å². The van der Waals surface area contributed by atoms with Crippen molar-refractivity contribution in [3.63, 3.8) is 0 Å². The van der Waals surface area contributed by atoms with Gasteiger partial charge in [0, 0.05) is 28.7 Å².